The summed E-state index contributed by atoms with van der Waals surface area (Å²) in [6, 6.07) is 0. The Balaban J connectivity index is 1.99. The lowest BCUT2D eigenvalue weighted by Crippen LogP contribution is -2.36. The van der Waals surface area contributed by atoms with E-state index in [0.717, 1.165) is 24.4 Å². The molecule has 1 aliphatic heterocycles. The molecule has 0 radical (unpaired) electrons. The molecule has 0 aromatic carbocycles. The number of fused-ring (bicyclic) bond motifs is 3. The van der Waals surface area contributed by atoms with Crippen molar-refractivity contribution in [2.75, 3.05) is 6.54 Å². The zero-order valence-electron chi connectivity index (χ0n) is 7.94. The van der Waals surface area contributed by atoms with Crippen molar-refractivity contribution in [3.8, 4) is 0 Å². The van der Waals surface area contributed by atoms with E-state index < -0.39 is 0 Å². The Labute approximate surface area is 82.7 Å². The molecule has 1 aromatic heterocycles. The second-order valence-electron chi connectivity index (χ2n) is 3.91. The summed E-state index contributed by atoms with van der Waals surface area (Å²) in [6.45, 7) is 0.955. The van der Waals surface area contributed by atoms with E-state index in [9.17, 15) is 0 Å². The molecule has 2 unspecified atom stereocenters. The van der Waals surface area contributed by atoms with Gasteiger partial charge in [0, 0.05) is 18.9 Å². The van der Waals surface area contributed by atoms with E-state index in [-0.39, 0.29) is 6.10 Å². The second kappa shape index (κ2) is 3.29. The predicted molar refractivity (Wildman–Crippen MR) is 50.3 cm³/mol. The van der Waals surface area contributed by atoms with Gasteiger partial charge in [-0.2, -0.15) is 0 Å². The standard InChI is InChI=1S/C10H13N3O/c1-2-8-9(12-6-5-11-8)10-7(1)3-4-13-14-10/h5-7,10,13H,1-4H2. The molecule has 0 bridgehead atoms. The number of aryl methyl sites for hydroxylation is 1. The van der Waals surface area contributed by atoms with Crippen LogP contribution in [0, 0.1) is 5.92 Å². The van der Waals surface area contributed by atoms with Gasteiger partial charge >= 0.3 is 0 Å². The van der Waals surface area contributed by atoms with Gasteiger partial charge in [0.05, 0.1) is 11.4 Å². The lowest BCUT2D eigenvalue weighted by Gasteiger charge is -2.35. The molecule has 2 heterocycles. The summed E-state index contributed by atoms with van der Waals surface area (Å²) >= 11 is 0. The Morgan fingerprint density at radius 2 is 2.21 bits per heavy atom. The van der Waals surface area contributed by atoms with Gasteiger partial charge in [0.2, 0.25) is 0 Å². The first-order valence-electron chi connectivity index (χ1n) is 5.13. The van der Waals surface area contributed by atoms with Crippen molar-refractivity contribution in [1.29, 1.82) is 0 Å². The van der Waals surface area contributed by atoms with Crippen LogP contribution in [0.15, 0.2) is 12.4 Å². The number of nitrogens with one attached hydrogen (secondary N) is 1. The third-order valence-corrected chi connectivity index (χ3v) is 3.08. The molecule has 4 heteroatoms. The van der Waals surface area contributed by atoms with Gasteiger partial charge in [0.15, 0.2) is 0 Å². The topological polar surface area (TPSA) is 47.0 Å². The van der Waals surface area contributed by atoms with Crippen LogP contribution in [-0.4, -0.2) is 16.5 Å². The predicted octanol–water partition coefficient (Wildman–Crippen LogP) is 1.00. The first kappa shape index (κ1) is 8.32. The Bertz CT molecular complexity index is 342. The Morgan fingerprint density at radius 3 is 3.21 bits per heavy atom. The summed E-state index contributed by atoms with van der Waals surface area (Å²) in [5.74, 6) is 0.625. The van der Waals surface area contributed by atoms with Crippen LogP contribution in [0.1, 0.15) is 30.3 Å². The maximum absolute atomic E-state index is 5.56. The molecule has 14 heavy (non-hydrogen) atoms. The summed E-state index contributed by atoms with van der Waals surface area (Å²) in [5, 5.41) is 0. The highest BCUT2D eigenvalue weighted by Gasteiger charge is 2.34. The minimum Gasteiger partial charge on any atom is -0.292 e. The van der Waals surface area contributed by atoms with Crippen LogP contribution in [-0.2, 0) is 11.3 Å². The maximum atomic E-state index is 5.56. The third kappa shape index (κ3) is 1.22. The zero-order chi connectivity index (χ0) is 9.38. The zero-order valence-corrected chi connectivity index (χ0v) is 7.94. The molecule has 0 amide bonds. The monoisotopic (exact) mass is 191 g/mol. The molecule has 4 nitrogen and oxygen atoms in total. The maximum Gasteiger partial charge on any atom is 0.126 e. The SMILES string of the molecule is c1cnc2c(n1)CCC1CCNOC21. The normalized spacial score (nSPS) is 30.6. The highest BCUT2D eigenvalue weighted by molar-refractivity contribution is 5.18. The number of nitrogens with zero attached hydrogens (tertiary/aromatic N) is 2. The fourth-order valence-corrected chi connectivity index (χ4v) is 2.35. The minimum absolute atomic E-state index is 0.126. The van der Waals surface area contributed by atoms with E-state index >= 15 is 0 Å². The van der Waals surface area contributed by atoms with Gasteiger partial charge in [0.1, 0.15) is 6.10 Å². The highest BCUT2D eigenvalue weighted by atomic mass is 16.7. The van der Waals surface area contributed by atoms with Crippen LogP contribution >= 0.6 is 0 Å². The molecule has 2 aliphatic rings. The molecule has 3 rings (SSSR count). The Morgan fingerprint density at radius 1 is 1.29 bits per heavy atom. The number of aromatic nitrogens is 2. The van der Waals surface area contributed by atoms with Crippen LogP contribution in [0.3, 0.4) is 0 Å². The van der Waals surface area contributed by atoms with Crippen molar-refractivity contribution in [3.63, 3.8) is 0 Å². The molecule has 2 atom stereocenters. The van der Waals surface area contributed by atoms with Gasteiger partial charge in [-0.3, -0.25) is 14.8 Å². The number of hydroxylamine groups is 1. The van der Waals surface area contributed by atoms with Crippen LogP contribution < -0.4 is 5.48 Å². The number of rotatable bonds is 0. The van der Waals surface area contributed by atoms with E-state index in [2.05, 4.69) is 15.4 Å². The van der Waals surface area contributed by atoms with E-state index in [0.29, 0.717) is 5.92 Å². The van der Waals surface area contributed by atoms with Crippen molar-refractivity contribution in [1.82, 2.24) is 15.4 Å². The molecule has 1 aliphatic carbocycles. The van der Waals surface area contributed by atoms with Crippen molar-refractivity contribution in [3.05, 3.63) is 23.8 Å². The highest BCUT2D eigenvalue weighted by Crippen LogP contribution is 2.37. The number of hydrogen-bond acceptors (Lipinski definition) is 4. The van der Waals surface area contributed by atoms with E-state index in [1.807, 2.05) is 0 Å². The second-order valence-corrected chi connectivity index (χ2v) is 3.91. The van der Waals surface area contributed by atoms with Gasteiger partial charge in [-0.25, -0.2) is 5.48 Å². The summed E-state index contributed by atoms with van der Waals surface area (Å²) in [7, 11) is 0. The van der Waals surface area contributed by atoms with Gasteiger partial charge in [-0.1, -0.05) is 0 Å². The molecule has 0 spiro atoms. The van der Waals surface area contributed by atoms with Gasteiger partial charge in [-0.05, 0) is 25.2 Å². The fraction of sp³-hybridized carbons (Fsp3) is 0.600. The average Bonchev–Trinajstić information content (AvgIpc) is 2.29. The fourth-order valence-electron chi connectivity index (χ4n) is 2.35. The Hall–Kier alpha value is -1.00. The molecule has 1 aromatic rings. The van der Waals surface area contributed by atoms with Crippen LogP contribution in [0.4, 0.5) is 0 Å². The molecule has 1 fully saturated rings. The summed E-state index contributed by atoms with van der Waals surface area (Å²) in [5.41, 5.74) is 5.10. The van der Waals surface area contributed by atoms with Crippen molar-refractivity contribution < 1.29 is 4.84 Å². The van der Waals surface area contributed by atoms with Crippen LogP contribution in [0.2, 0.25) is 0 Å². The van der Waals surface area contributed by atoms with Crippen molar-refractivity contribution >= 4 is 0 Å². The van der Waals surface area contributed by atoms with Crippen molar-refractivity contribution in [2.24, 2.45) is 5.92 Å². The summed E-state index contributed by atoms with van der Waals surface area (Å²) < 4.78 is 0. The van der Waals surface area contributed by atoms with Gasteiger partial charge in [0.25, 0.3) is 0 Å². The first-order valence-corrected chi connectivity index (χ1v) is 5.13. The van der Waals surface area contributed by atoms with E-state index in [4.69, 9.17) is 4.84 Å². The summed E-state index contributed by atoms with van der Waals surface area (Å²) in [6.07, 6.45) is 7.04. The number of hydrogen-bond donors (Lipinski definition) is 1. The molecule has 74 valence electrons. The molecule has 0 saturated carbocycles. The first-order chi connectivity index (χ1) is 6.95. The van der Waals surface area contributed by atoms with Gasteiger partial charge < -0.3 is 0 Å². The summed E-state index contributed by atoms with van der Waals surface area (Å²) in [4.78, 5) is 14.3. The lowest BCUT2D eigenvalue weighted by atomic mass is 9.84. The quantitative estimate of drug-likeness (QED) is 0.664. The van der Waals surface area contributed by atoms with E-state index in [1.165, 1.54) is 12.8 Å². The lowest BCUT2D eigenvalue weighted by molar-refractivity contribution is -0.0995. The Kier molecular flexibility index (Phi) is 1.96. The molecular weight excluding hydrogens is 178 g/mol. The van der Waals surface area contributed by atoms with Gasteiger partial charge in [-0.15, -0.1) is 0 Å². The molecule has 1 saturated heterocycles. The van der Waals surface area contributed by atoms with Crippen LogP contribution in [0.5, 0.6) is 0 Å². The van der Waals surface area contributed by atoms with Crippen LogP contribution in [0.25, 0.3) is 0 Å². The average molecular weight is 191 g/mol. The minimum atomic E-state index is 0.126. The molecule has 1 N–H and O–H groups in total. The van der Waals surface area contributed by atoms with Crippen molar-refractivity contribution in [2.45, 2.75) is 25.4 Å². The third-order valence-electron chi connectivity index (χ3n) is 3.08. The smallest absolute Gasteiger partial charge is 0.126 e. The van der Waals surface area contributed by atoms with E-state index in [1.54, 1.807) is 12.4 Å². The molecular formula is C10H13N3O. The largest absolute Gasteiger partial charge is 0.292 e.